The van der Waals surface area contributed by atoms with Crippen LogP contribution in [0, 0.1) is 0 Å². The average molecular weight is 479 g/mol. The third kappa shape index (κ3) is 10.5. The van der Waals surface area contributed by atoms with Gasteiger partial charge in [0.1, 0.15) is 11.8 Å². The van der Waals surface area contributed by atoms with Gasteiger partial charge in [0.25, 0.3) is 0 Å². The van der Waals surface area contributed by atoms with Crippen LogP contribution >= 0.6 is 22.6 Å². The molecule has 1 aromatic carbocycles. The maximum atomic E-state index is 12.3. The molecule has 1 atom stereocenters. The van der Waals surface area contributed by atoms with Crippen LogP contribution in [0.15, 0.2) is 24.3 Å². The summed E-state index contributed by atoms with van der Waals surface area (Å²) in [6.45, 7) is 11.0. The van der Waals surface area contributed by atoms with Gasteiger partial charge in [-0.05, 0) is 68.0 Å². The molecule has 0 aliphatic rings. The third-order valence-electron chi connectivity index (χ3n) is 2.84. The molecule has 6 nitrogen and oxygen atoms in total. The van der Waals surface area contributed by atoms with Gasteiger partial charge in [0.05, 0.1) is 13.2 Å². The standard InChI is InChI=1S/C17H24INO5.C2H6/c1-11(2)23-15(20)14(19-16(21)24-17(3,4)18)10-12-7-6-8-13(9-12)22-5;1-2/h6-9,11,14H,10H2,1-5H3,(H,19,21);1-2H3/t14-;/m1./s1. The van der Waals surface area contributed by atoms with Crippen molar-refractivity contribution in [2.24, 2.45) is 0 Å². The molecule has 1 N–H and O–H groups in total. The number of esters is 1. The van der Waals surface area contributed by atoms with E-state index in [0.717, 1.165) is 5.56 Å². The number of hydrogen-bond donors (Lipinski definition) is 1. The van der Waals surface area contributed by atoms with Gasteiger partial charge in [-0.1, -0.05) is 26.0 Å². The van der Waals surface area contributed by atoms with Gasteiger partial charge in [-0.25, -0.2) is 9.59 Å². The van der Waals surface area contributed by atoms with E-state index in [1.165, 1.54) is 0 Å². The molecular weight excluding hydrogens is 449 g/mol. The number of alkyl carbamates (subject to hydrolysis) is 1. The zero-order valence-electron chi connectivity index (χ0n) is 16.6. The van der Waals surface area contributed by atoms with Gasteiger partial charge >= 0.3 is 12.1 Å². The van der Waals surface area contributed by atoms with Gasteiger partial charge in [0.2, 0.25) is 0 Å². The lowest BCUT2D eigenvalue weighted by molar-refractivity contribution is -0.149. The molecule has 1 aromatic rings. The second kappa shape index (κ2) is 12.0. The predicted octanol–water partition coefficient (Wildman–Crippen LogP) is 4.48. The Labute approximate surface area is 170 Å². The van der Waals surface area contributed by atoms with E-state index >= 15 is 0 Å². The fraction of sp³-hybridized carbons (Fsp3) is 0.579. The van der Waals surface area contributed by atoms with Crippen molar-refractivity contribution in [1.29, 1.82) is 0 Å². The Hall–Kier alpha value is -1.51. The van der Waals surface area contributed by atoms with Crippen molar-refractivity contribution >= 4 is 34.7 Å². The number of ether oxygens (including phenoxy) is 3. The van der Waals surface area contributed by atoms with Crippen LogP contribution in [-0.4, -0.2) is 34.9 Å². The van der Waals surface area contributed by atoms with Gasteiger partial charge in [-0.15, -0.1) is 0 Å². The Morgan fingerprint density at radius 2 is 1.85 bits per heavy atom. The number of methoxy groups -OCH3 is 1. The van der Waals surface area contributed by atoms with Crippen LogP contribution in [0.1, 0.15) is 47.1 Å². The molecule has 0 radical (unpaired) electrons. The molecule has 0 aliphatic carbocycles. The van der Waals surface area contributed by atoms with Crippen LogP contribution < -0.4 is 10.1 Å². The smallest absolute Gasteiger partial charge is 0.409 e. The molecule has 0 fully saturated rings. The van der Waals surface area contributed by atoms with Crippen molar-refractivity contribution in [2.45, 2.75) is 63.7 Å². The van der Waals surface area contributed by atoms with Gasteiger partial charge in [-0.3, -0.25) is 0 Å². The van der Waals surface area contributed by atoms with E-state index in [0.29, 0.717) is 5.75 Å². The molecule has 7 heteroatoms. The largest absolute Gasteiger partial charge is 0.497 e. The Morgan fingerprint density at radius 1 is 1.23 bits per heavy atom. The molecule has 1 amide bonds. The number of hydrogen-bond acceptors (Lipinski definition) is 5. The number of nitrogens with one attached hydrogen (secondary N) is 1. The first kappa shape index (κ1) is 24.5. The maximum Gasteiger partial charge on any atom is 0.409 e. The van der Waals surface area contributed by atoms with Crippen molar-refractivity contribution in [2.75, 3.05) is 7.11 Å². The first-order valence-corrected chi connectivity index (χ1v) is 9.70. The highest BCUT2D eigenvalue weighted by atomic mass is 127. The lowest BCUT2D eigenvalue weighted by atomic mass is 10.1. The number of halogens is 1. The monoisotopic (exact) mass is 479 g/mol. The Balaban J connectivity index is 0.00000301. The Kier molecular flexibility index (Phi) is 11.3. The molecule has 26 heavy (non-hydrogen) atoms. The summed E-state index contributed by atoms with van der Waals surface area (Å²) >= 11 is 1.99. The van der Waals surface area contributed by atoms with Crippen LogP contribution in [-0.2, 0) is 20.7 Å². The predicted molar refractivity (Wildman–Crippen MR) is 111 cm³/mol. The summed E-state index contributed by atoms with van der Waals surface area (Å²) in [4.78, 5) is 24.3. The van der Waals surface area contributed by atoms with Gasteiger partial charge in [-0.2, -0.15) is 0 Å². The number of benzene rings is 1. The molecule has 0 unspecified atom stereocenters. The maximum absolute atomic E-state index is 12.3. The first-order valence-electron chi connectivity index (χ1n) is 8.62. The quantitative estimate of drug-likeness (QED) is 0.355. The highest BCUT2D eigenvalue weighted by Crippen LogP contribution is 2.19. The van der Waals surface area contributed by atoms with E-state index in [1.54, 1.807) is 34.8 Å². The zero-order chi connectivity index (χ0) is 20.3. The number of amides is 1. The molecule has 0 bridgehead atoms. The zero-order valence-corrected chi connectivity index (χ0v) is 18.7. The molecule has 0 aromatic heterocycles. The summed E-state index contributed by atoms with van der Waals surface area (Å²) in [5, 5.41) is 2.58. The summed E-state index contributed by atoms with van der Waals surface area (Å²) in [6, 6.07) is 6.46. The van der Waals surface area contributed by atoms with Gasteiger partial charge < -0.3 is 19.5 Å². The summed E-state index contributed by atoms with van der Waals surface area (Å²) in [5.74, 6) is 0.176. The SMILES string of the molecule is CC.COc1cccc(C[C@@H](NC(=O)OC(C)(C)I)C(=O)OC(C)C)c1. The molecule has 0 spiro atoms. The van der Waals surface area contributed by atoms with Gasteiger partial charge in [0, 0.05) is 6.42 Å². The minimum atomic E-state index is -0.842. The Morgan fingerprint density at radius 3 is 2.35 bits per heavy atom. The highest BCUT2D eigenvalue weighted by Gasteiger charge is 2.27. The van der Waals surface area contributed by atoms with Crippen LogP contribution in [0.25, 0.3) is 0 Å². The van der Waals surface area contributed by atoms with Crippen LogP contribution in [0.3, 0.4) is 0 Å². The van der Waals surface area contributed by atoms with E-state index in [9.17, 15) is 9.59 Å². The molecule has 0 saturated heterocycles. The van der Waals surface area contributed by atoms with Crippen LogP contribution in [0.4, 0.5) is 4.79 Å². The molecule has 0 aliphatic heterocycles. The minimum Gasteiger partial charge on any atom is -0.497 e. The van der Waals surface area contributed by atoms with E-state index in [2.05, 4.69) is 5.32 Å². The fourth-order valence-electron chi connectivity index (χ4n) is 1.94. The third-order valence-corrected chi connectivity index (χ3v) is 3.06. The first-order chi connectivity index (χ1) is 12.1. The molecule has 0 saturated carbocycles. The normalized spacial score (nSPS) is 11.7. The topological polar surface area (TPSA) is 73.9 Å². The minimum absolute atomic E-state index is 0.274. The van der Waals surface area contributed by atoms with Gasteiger partial charge in [0.15, 0.2) is 3.61 Å². The van der Waals surface area contributed by atoms with E-state index in [-0.39, 0.29) is 12.5 Å². The van der Waals surface area contributed by atoms with Crippen molar-refractivity contribution < 1.29 is 23.8 Å². The molecule has 1 rings (SSSR count). The number of rotatable bonds is 7. The van der Waals surface area contributed by atoms with E-state index in [4.69, 9.17) is 14.2 Å². The van der Waals surface area contributed by atoms with Crippen molar-refractivity contribution in [3.8, 4) is 5.75 Å². The number of carbonyl (C=O) groups excluding carboxylic acids is 2. The number of alkyl halides is 1. The van der Waals surface area contributed by atoms with E-state index in [1.807, 2.05) is 60.7 Å². The lowest BCUT2D eigenvalue weighted by Crippen LogP contribution is -2.45. The average Bonchev–Trinajstić information content (AvgIpc) is 2.54. The van der Waals surface area contributed by atoms with Crippen LogP contribution in [0.2, 0.25) is 0 Å². The van der Waals surface area contributed by atoms with Crippen molar-refractivity contribution in [1.82, 2.24) is 5.32 Å². The molecule has 0 heterocycles. The lowest BCUT2D eigenvalue weighted by Gasteiger charge is -2.22. The molecule has 148 valence electrons. The highest BCUT2D eigenvalue weighted by molar-refractivity contribution is 14.1. The summed E-state index contributed by atoms with van der Waals surface area (Å²) < 4.78 is 14.9. The summed E-state index contributed by atoms with van der Waals surface area (Å²) in [5.41, 5.74) is 0.842. The summed E-state index contributed by atoms with van der Waals surface area (Å²) in [7, 11) is 1.57. The second-order valence-corrected chi connectivity index (χ2v) is 8.59. The second-order valence-electron chi connectivity index (χ2n) is 5.99. The van der Waals surface area contributed by atoms with Crippen LogP contribution in [0.5, 0.6) is 5.75 Å². The summed E-state index contributed by atoms with van der Waals surface area (Å²) in [6.07, 6.45) is -0.661. The fourth-order valence-corrected chi connectivity index (χ4v) is 2.14. The Bertz CT molecular complexity index is 569. The van der Waals surface area contributed by atoms with E-state index < -0.39 is 21.7 Å². The van der Waals surface area contributed by atoms with Crippen molar-refractivity contribution in [3.05, 3.63) is 29.8 Å². The van der Waals surface area contributed by atoms with Crippen molar-refractivity contribution in [3.63, 3.8) is 0 Å². The molecular formula is C19H30INO5. The number of carbonyl (C=O) groups is 2.